The lowest BCUT2D eigenvalue weighted by atomic mass is 10.3. The first-order chi connectivity index (χ1) is 7.81. The van der Waals surface area contributed by atoms with E-state index in [-0.39, 0.29) is 5.75 Å². The zero-order valence-electron chi connectivity index (χ0n) is 8.45. The molecule has 16 heavy (non-hydrogen) atoms. The molecule has 2 rings (SSSR count). The first-order valence-corrected chi connectivity index (χ1v) is 5.61. The van der Waals surface area contributed by atoms with Gasteiger partial charge in [-0.2, -0.15) is 4.68 Å². The highest BCUT2D eigenvalue weighted by molar-refractivity contribution is 7.99. The predicted octanol–water partition coefficient (Wildman–Crippen LogP) is 1.65. The van der Waals surface area contributed by atoms with Gasteiger partial charge in [-0.05, 0) is 34.7 Å². The molecule has 0 aliphatic carbocycles. The second-order valence-electron chi connectivity index (χ2n) is 2.99. The zero-order chi connectivity index (χ0) is 11.4. The monoisotopic (exact) mass is 234 g/mol. The van der Waals surface area contributed by atoms with Crippen LogP contribution in [0.25, 0.3) is 5.69 Å². The minimum atomic E-state index is 0.220. The summed E-state index contributed by atoms with van der Waals surface area (Å²) in [4.78, 5) is 0. The predicted molar refractivity (Wildman–Crippen MR) is 61.7 cm³/mol. The molecule has 5 nitrogen and oxygen atoms in total. The van der Waals surface area contributed by atoms with E-state index in [2.05, 4.69) is 22.1 Å². The van der Waals surface area contributed by atoms with E-state index in [1.54, 1.807) is 35.0 Å². The van der Waals surface area contributed by atoms with Gasteiger partial charge < -0.3 is 5.11 Å². The number of tetrazole rings is 1. The Morgan fingerprint density at radius 3 is 2.81 bits per heavy atom. The van der Waals surface area contributed by atoms with Gasteiger partial charge in [0.05, 0.1) is 5.69 Å². The molecule has 0 fully saturated rings. The third kappa shape index (κ3) is 2.22. The summed E-state index contributed by atoms with van der Waals surface area (Å²) >= 11 is 1.50. The fourth-order valence-electron chi connectivity index (χ4n) is 1.16. The summed E-state index contributed by atoms with van der Waals surface area (Å²) in [6, 6.07) is 6.70. The Morgan fingerprint density at radius 2 is 2.12 bits per heavy atom. The van der Waals surface area contributed by atoms with Gasteiger partial charge in [-0.3, -0.25) is 0 Å². The van der Waals surface area contributed by atoms with Gasteiger partial charge >= 0.3 is 0 Å². The van der Waals surface area contributed by atoms with E-state index in [1.165, 1.54) is 11.8 Å². The van der Waals surface area contributed by atoms with Crippen LogP contribution in [0.1, 0.15) is 0 Å². The van der Waals surface area contributed by atoms with Crippen molar-refractivity contribution >= 4 is 11.8 Å². The van der Waals surface area contributed by atoms with Crippen molar-refractivity contribution in [2.24, 2.45) is 0 Å². The number of phenols is 1. The molecule has 0 aliphatic rings. The highest BCUT2D eigenvalue weighted by Crippen LogP contribution is 2.19. The van der Waals surface area contributed by atoms with Gasteiger partial charge in [0, 0.05) is 5.75 Å². The van der Waals surface area contributed by atoms with Gasteiger partial charge in [-0.25, -0.2) is 0 Å². The van der Waals surface area contributed by atoms with Crippen molar-refractivity contribution < 1.29 is 5.11 Å². The van der Waals surface area contributed by atoms with Crippen LogP contribution in [-0.4, -0.2) is 31.1 Å². The van der Waals surface area contributed by atoms with E-state index in [0.29, 0.717) is 5.16 Å². The zero-order valence-corrected chi connectivity index (χ0v) is 9.26. The number of hydrogen-bond acceptors (Lipinski definition) is 5. The fraction of sp³-hybridized carbons (Fsp3) is 0.100. The Kier molecular flexibility index (Phi) is 3.21. The summed E-state index contributed by atoms with van der Waals surface area (Å²) in [5.74, 6) is 0.968. The van der Waals surface area contributed by atoms with Crippen LogP contribution in [0.15, 0.2) is 42.1 Å². The van der Waals surface area contributed by atoms with Gasteiger partial charge in [0.1, 0.15) is 5.75 Å². The normalized spacial score (nSPS) is 10.2. The molecule has 0 spiro atoms. The first kappa shape index (κ1) is 10.7. The maximum atomic E-state index is 9.19. The maximum Gasteiger partial charge on any atom is 0.214 e. The summed E-state index contributed by atoms with van der Waals surface area (Å²) in [7, 11) is 0. The number of aromatic hydroxyl groups is 1. The maximum absolute atomic E-state index is 9.19. The molecule has 0 amide bonds. The van der Waals surface area contributed by atoms with Crippen molar-refractivity contribution in [3.63, 3.8) is 0 Å². The Balaban J connectivity index is 2.29. The highest BCUT2D eigenvalue weighted by atomic mass is 32.2. The van der Waals surface area contributed by atoms with Gasteiger partial charge in [-0.1, -0.05) is 17.8 Å². The highest BCUT2D eigenvalue weighted by Gasteiger charge is 2.07. The average molecular weight is 234 g/mol. The van der Waals surface area contributed by atoms with E-state index in [4.69, 9.17) is 0 Å². The van der Waals surface area contributed by atoms with E-state index in [9.17, 15) is 5.11 Å². The third-order valence-electron chi connectivity index (χ3n) is 1.87. The van der Waals surface area contributed by atoms with Crippen molar-refractivity contribution in [2.75, 3.05) is 5.75 Å². The second-order valence-corrected chi connectivity index (χ2v) is 3.98. The Hall–Kier alpha value is -1.82. The fourth-order valence-corrected chi connectivity index (χ4v) is 1.78. The van der Waals surface area contributed by atoms with E-state index < -0.39 is 0 Å². The first-order valence-electron chi connectivity index (χ1n) is 4.63. The molecular formula is C10H10N4OS. The van der Waals surface area contributed by atoms with Crippen molar-refractivity contribution in [2.45, 2.75) is 5.16 Å². The largest absolute Gasteiger partial charge is 0.508 e. The second kappa shape index (κ2) is 4.80. The molecule has 1 aromatic carbocycles. The summed E-state index contributed by atoms with van der Waals surface area (Å²) in [6.07, 6.45) is 1.79. The summed E-state index contributed by atoms with van der Waals surface area (Å²) < 4.78 is 1.62. The van der Waals surface area contributed by atoms with Crippen molar-refractivity contribution in [3.05, 3.63) is 36.9 Å². The molecule has 0 saturated heterocycles. The lowest BCUT2D eigenvalue weighted by Crippen LogP contribution is -1.98. The smallest absolute Gasteiger partial charge is 0.214 e. The molecule has 1 aromatic heterocycles. The number of hydrogen-bond donors (Lipinski definition) is 1. The molecule has 6 heteroatoms. The van der Waals surface area contributed by atoms with Gasteiger partial charge in [0.25, 0.3) is 0 Å². The van der Waals surface area contributed by atoms with Crippen LogP contribution >= 0.6 is 11.8 Å². The molecule has 0 bridgehead atoms. The quantitative estimate of drug-likeness (QED) is 0.643. The minimum Gasteiger partial charge on any atom is -0.508 e. The molecule has 0 atom stereocenters. The molecule has 1 heterocycles. The minimum absolute atomic E-state index is 0.220. The number of benzene rings is 1. The Labute approximate surface area is 96.8 Å². The third-order valence-corrected chi connectivity index (χ3v) is 2.78. The van der Waals surface area contributed by atoms with Crippen LogP contribution in [0.3, 0.4) is 0 Å². The van der Waals surface area contributed by atoms with Crippen molar-refractivity contribution in [1.29, 1.82) is 0 Å². The molecule has 0 aliphatic heterocycles. The van der Waals surface area contributed by atoms with E-state index in [1.807, 2.05) is 0 Å². The molecule has 0 saturated carbocycles. The van der Waals surface area contributed by atoms with E-state index in [0.717, 1.165) is 11.4 Å². The number of nitrogens with zero attached hydrogens (tertiary/aromatic N) is 4. The Bertz CT molecular complexity index is 480. The molecule has 0 unspecified atom stereocenters. The van der Waals surface area contributed by atoms with Crippen LogP contribution < -0.4 is 0 Å². The van der Waals surface area contributed by atoms with E-state index >= 15 is 0 Å². The van der Waals surface area contributed by atoms with Gasteiger partial charge in [-0.15, -0.1) is 11.7 Å². The summed E-state index contributed by atoms with van der Waals surface area (Å²) in [6.45, 7) is 3.64. The van der Waals surface area contributed by atoms with Crippen LogP contribution in [0, 0.1) is 0 Å². The van der Waals surface area contributed by atoms with Crippen LogP contribution in [-0.2, 0) is 0 Å². The molecule has 1 N–H and O–H groups in total. The Morgan fingerprint density at radius 1 is 1.38 bits per heavy atom. The lowest BCUT2D eigenvalue weighted by molar-refractivity contribution is 0.475. The SMILES string of the molecule is C=CCSc1nnnn1-c1ccc(O)cc1. The van der Waals surface area contributed by atoms with Crippen molar-refractivity contribution in [3.8, 4) is 11.4 Å². The topological polar surface area (TPSA) is 63.8 Å². The van der Waals surface area contributed by atoms with Crippen molar-refractivity contribution in [1.82, 2.24) is 20.2 Å². The number of phenolic OH excluding ortho intramolecular Hbond substituents is 1. The summed E-state index contributed by atoms with van der Waals surface area (Å²) in [5, 5.41) is 21.3. The molecular weight excluding hydrogens is 224 g/mol. The number of aromatic nitrogens is 4. The summed E-state index contributed by atoms with van der Waals surface area (Å²) in [5.41, 5.74) is 0.814. The molecule has 82 valence electrons. The average Bonchev–Trinajstić information content (AvgIpc) is 2.75. The molecule has 2 aromatic rings. The number of rotatable bonds is 4. The standard InChI is InChI=1S/C10H10N4OS/c1-2-7-16-10-11-12-13-14(10)8-3-5-9(15)6-4-8/h2-6,15H,1,7H2. The van der Waals surface area contributed by atoms with Gasteiger partial charge in [0.2, 0.25) is 5.16 Å². The van der Waals surface area contributed by atoms with Crippen LogP contribution in [0.5, 0.6) is 5.75 Å². The van der Waals surface area contributed by atoms with Crippen LogP contribution in [0.4, 0.5) is 0 Å². The van der Waals surface area contributed by atoms with Crippen LogP contribution in [0.2, 0.25) is 0 Å². The number of thioether (sulfide) groups is 1. The van der Waals surface area contributed by atoms with Gasteiger partial charge in [0.15, 0.2) is 0 Å². The molecule has 0 radical (unpaired) electrons. The lowest BCUT2D eigenvalue weighted by Gasteiger charge is -2.02.